The fourth-order valence-electron chi connectivity index (χ4n) is 4.05. The summed E-state index contributed by atoms with van der Waals surface area (Å²) in [5, 5.41) is 9.91. The number of nitrogens with one attached hydrogen (secondary N) is 2. The number of carbonyl (C=O) groups excluding carboxylic acids is 2. The first-order chi connectivity index (χ1) is 16.3. The predicted molar refractivity (Wildman–Crippen MR) is 122 cm³/mol. The van der Waals surface area contributed by atoms with Gasteiger partial charge in [-0.05, 0) is 43.3 Å². The van der Waals surface area contributed by atoms with Gasteiger partial charge in [0.2, 0.25) is 22.3 Å². The molecule has 0 unspecified atom stereocenters. The molecule has 4 rings (SSSR count). The van der Waals surface area contributed by atoms with Crippen LogP contribution < -0.4 is 14.9 Å². The highest BCUT2D eigenvalue weighted by molar-refractivity contribution is 7.89. The van der Waals surface area contributed by atoms with E-state index in [1.54, 1.807) is 12.1 Å². The quantitative estimate of drug-likeness (QED) is 0.249. The van der Waals surface area contributed by atoms with Gasteiger partial charge in [-0.2, -0.15) is 0 Å². The topological polar surface area (TPSA) is 138 Å². The number of aromatic nitrogens is 1. The fraction of sp³-hybridized carbons (Fsp3) is 0.261. The highest BCUT2D eigenvalue weighted by atomic mass is 32.2. The van der Waals surface area contributed by atoms with Crippen molar-refractivity contribution in [3.05, 3.63) is 65.9 Å². The Balaban J connectivity index is 1.46. The number of hydroxylamine groups is 1. The van der Waals surface area contributed by atoms with Gasteiger partial charge in [-0.15, -0.1) is 0 Å². The first kappa shape index (κ1) is 23.6. The maximum Gasteiger partial charge on any atom is 0.249 e. The number of ether oxygens (including phenoxy) is 1. The molecular weight excluding hydrogens is 460 g/mol. The molecule has 1 saturated heterocycles. The molecule has 0 radical (unpaired) electrons. The lowest BCUT2D eigenvalue weighted by atomic mass is 10.0. The minimum Gasteiger partial charge on any atom is -0.489 e. The Bertz CT molecular complexity index is 1310. The Morgan fingerprint density at radius 1 is 1.21 bits per heavy atom. The molecule has 34 heavy (non-hydrogen) atoms. The first-order valence-corrected chi connectivity index (χ1v) is 12.0. The van der Waals surface area contributed by atoms with Crippen LogP contribution in [0.2, 0.25) is 0 Å². The summed E-state index contributed by atoms with van der Waals surface area (Å²) in [5.41, 5.74) is 4.24. The number of carbonyl (C=O) groups is 2. The number of hydrogen-bond acceptors (Lipinski definition) is 7. The standard InChI is InChI=1S/C23H24N4O6S/c1-15-10-16(19-4-2-3-5-21(19)24-15)13-33-17-6-8-18(9-7-17)34(31,32)26-22-12-27(14-28)11-20(22)23(29)25-30/h2-10,14,20,22,26,30H,11-13H2,1H3,(H,25,29)/t20-,22+/m1/s1. The summed E-state index contributed by atoms with van der Waals surface area (Å²) in [6.07, 6.45) is 0.533. The number of fused-ring (bicyclic) bond motifs is 1. The van der Waals surface area contributed by atoms with Crippen LogP contribution in [-0.2, 0) is 26.2 Å². The largest absolute Gasteiger partial charge is 0.489 e. The Morgan fingerprint density at radius 3 is 2.65 bits per heavy atom. The minimum absolute atomic E-state index is 0.000972. The summed E-state index contributed by atoms with van der Waals surface area (Å²) >= 11 is 0. The van der Waals surface area contributed by atoms with Gasteiger partial charge in [0, 0.05) is 29.7 Å². The summed E-state index contributed by atoms with van der Waals surface area (Å²) < 4.78 is 34.0. The smallest absolute Gasteiger partial charge is 0.249 e. The molecular formula is C23H24N4O6S. The zero-order valence-corrected chi connectivity index (χ0v) is 19.2. The van der Waals surface area contributed by atoms with E-state index < -0.39 is 27.9 Å². The van der Waals surface area contributed by atoms with Crippen LogP contribution in [0.15, 0.2) is 59.5 Å². The average Bonchev–Trinajstić information content (AvgIpc) is 3.24. The molecule has 0 spiro atoms. The molecule has 11 heteroatoms. The van der Waals surface area contributed by atoms with Crippen molar-refractivity contribution in [1.29, 1.82) is 0 Å². The van der Waals surface area contributed by atoms with Gasteiger partial charge in [0.25, 0.3) is 0 Å². The number of amides is 2. The molecule has 3 aromatic rings. The van der Waals surface area contributed by atoms with E-state index in [0.29, 0.717) is 12.2 Å². The van der Waals surface area contributed by atoms with Gasteiger partial charge in [0.1, 0.15) is 12.4 Å². The SMILES string of the molecule is Cc1cc(COc2ccc(S(=O)(=O)N[C@H]3CN(C=O)C[C@H]3C(=O)NO)cc2)c2ccccc2n1. The van der Waals surface area contributed by atoms with Gasteiger partial charge in [0.15, 0.2) is 0 Å². The van der Waals surface area contributed by atoms with E-state index in [1.165, 1.54) is 22.5 Å². The van der Waals surface area contributed by atoms with E-state index in [2.05, 4.69) is 9.71 Å². The molecule has 178 valence electrons. The molecule has 0 aliphatic carbocycles. The number of likely N-dealkylation sites (tertiary alicyclic amines) is 1. The summed E-state index contributed by atoms with van der Waals surface area (Å²) in [4.78, 5) is 28.7. The molecule has 10 nitrogen and oxygen atoms in total. The van der Waals surface area contributed by atoms with Crippen LogP contribution >= 0.6 is 0 Å². The summed E-state index contributed by atoms with van der Waals surface area (Å²) in [6, 6.07) is 14.8. The highest BCUT2D eigenvalue weighted by Gasteiger charge is 2.39. The molecule has 2 heterocycles. The molecule has 1 fully saturated rings. The van der Waals surface area contributed by atoms with Crippen molar-refractivity contribution in [3.63, 3.8) is 0 Å². The van der Waals surface area contributed by atoms with Crippen LogP contribution in [0, 0.1) is 12.8 Å². The van der Waals surface area contributed by atoms with Crippen molar-refractivity contribution < 1.29 is 28.0 Å². The number of hydrogen-bond donors (Lipinski definition) is 3. The summed E-state index contributed by atoms with van der Waals surface area (Å²) in [7, 11) is -3.99. The van der Waals surface area contributed by atoms with Gasteiger partial charge >= 0.3 is 0 Å². The number of sulfonamides is 1. The molecule has 1 aliphatic heterocycles. The number of rotatable bonds is 8. The molecule has 2 atom stereocenters. The molecule has 3 N–H and O–H groups in total. The van der Waals surface area contributed by atoms with E-state index in [0.717, 1.165) is 22.2 Å². The minimum atomic E-state index is -3.99. The monoisotopic (exact) mass is 484 g/mol. The fourth-order valence-corrected chi connectivity index (χ4v) is 5.31. The maximum absolute atomic E-state index is 12.9. The number of para-hydroxylation sites is 1. The number of nitrogens with zero attached hydrogens (tertiary/aromatic N) is 2. The number of aryl methyl sites for hydroxylation is 1. The van der Waals surface area contributed by atoms with Gasteiger partial charge in [-0.3, -0.25) is 19.8 Å². The van der Waals surface area contributed by atoms with Crippen molar-refractivity contribution in [2.24, 2.45) is 5.92 Å². The van der Waals surface area contributed by atoms with Gasteiger partial charge in [-0.25, -0.2) is 18.6 Å². The van der Waals surface area contributed by atoms with Crippen LogP contribution in [0.5, 0.6) is 5.75 Å². The van der Waals surface area contributed by atoms with Crippen molar-refractivity contribution in [2.75, 3.05) is 13.1 Å². The zero-order valence-electron chi connectivity index (χ0n) is 18.3. The van der Waals surface area contributed by atoms with Crippen LogP contribution in [-0.4, -0.2) is 55.0 Å². The van der Waals surface area contributed by atoms with Crippen molar-refractivity contribution in [3.8, 4) is 5.75 Å². The third kappa shape index (κ3) is 5.01. The molecule has 1 aromatic heterocycles. The lowest BCUT2D eigenvalue weighted by molar-refractivity contribution is -0.133. The van der Waals surface area contributed by atoms with Gasteiger partial charge < -0.3 is 9.64 Å². The van der Waals surface area contributed by atoms with Crippen LogP contribution in [0.1, 0.15) is 11.3 Å². The Hall–Kier alpha value is -3.54. The number of benzene rings is 2. The number of pyridine rings is 1. The molecule has 1 aliphatic rings. The van der Waals surface area contributed by atoms with Gasteiger partial charge in [0.05, 0.1) is 22.4 Å². The van der Waals surface area contributed by atoms with Crippen LogP contribution in [0.4, 0.5) is 0 Å². The van der Waals surface area contributed by atoms with E-state index in [1.807, 2.05) is 37.3 Å². The zero-order chi connectivity index (χ0) is 24.3. The van der Waals surface area contributed by atoms with E-state index in [4.69, 9.17) is 9.94 Å². The second-order valence-electron chi connectivity index (χ2n) is 8.07. The Kier molecular flexibility index (Phi) is 6.77. The Morgan fingerprint density at radius 2 is 1.94 bits per heavy atom. The van der Waals surface area contributed by atoms with Crippen molar-refractivity contribution in [2.45, 2.75) is 24.5 Å². The normalized spacial score (nSPS) is 18.1. The summed E-state index contributed by atoms with van der Waals surface area (Å²) in [6.45, 7) is 2.21. The molecule has 0 bridgehead atoms. The second-order valence-corrected chi connectivity index (χ2v) is 9.78. The summed E-state index contributed by atoms with van der Waals surface area (Å²) in [5.74, 6) is -1.19. The third-order valence-corrected chi connectivity index (χ3v) is 7.21. The van der Waals surface area contributed by atoms with Crippen LogP contribution in [0.25, 0.3) is 10.9 Å². The average molecular weight is 485 g/mol. The van der Waals surface area contributed by atoms with E-state index in [-0.39, 0.29) is 24.6 Å². The highest BCUT2D eigenvalue weighted by Crippen LogP contribution is 2.23. The Labute approximate surface area is 196 Å². The predicted octanol–water partition coefficient (Wildman–Crippen LogP) is 1.36. The first-order valence-electron chi connectivity index (χ1n) is 10.5. The second kappa shape index (κ2) is 9.75. The van der Waals surface area contributed by atoms with Crippen LogP contribution in [0.3, 0.4) is 0 Å². The third-order valence-electron chi connectivity index (χ3n) is 5.71. The van der Waals surface area contributed by atoms with Gasteiger partial charge in [-0.1, -0.05) is 18.2 Å². The van der Waals surface area contributed by atoms with Crippen molar-refractivity contribution in [1.82, 2.24) is 20.1 Å². The maximum atomic E-state index is 12.9. The molecule has 2 amide bonds. The van der Waals surface area contributed by atoms with E-state index in [9.17, 15) is 18.0 Å². The molecule has 0 saturated carbocycles. The molecule has 2 aromatic carbocycles. The van der Waals surface area contributed by atoms with E-state index >= 15 is 0 Å². The van der Waals surface area contributed by atoms with Crippen molar-refractivity contribution >= 4 is 33.2 Å². The lowest BCUT2D eigenvalue weighted by Gasteiger charge is -2.18. The lowest BCUT2D eigenvalue weighted by Crippen LogP contribution is -2.45.